The van der Waals surface area contributed by atoms with Gasteiger partial charge in [-0.1, -0.05) is 12.1 Å². The predicted octanol–water partition coefficient (Wildman–Crippen LogP) is 2.12. The van der Waals surface area contributed by atoms with Crippen LogP contribution in [0.25, 0.3) is 0 Å². The molecular weight excluding hydrogens is 342 g/mol. The Labute approximate surface area is 148 Å². The number of carbonyl (C=O) groups is 1. The largest absolute Gasteiger partial charge is 0.444 e. The van der Waals surface area contributed by atoms with Crippen LogP contribution >= 0.6 is 0 Å². The number of hydrogen-bond acceptors (Lipinski definition) is 5. The fourth-order valence-corrected chi connectivity index (χ4v) is 4.35. The van der Waals surface area contributed by atoms with E-state index in [9.17, 15) is 13.2 Å². The van der Waals surface area contributed by atoms with Crippen molar-refractivity contribution in [3.05, 3.63) is 29.8 Å². The van der Waals surface area contributed by atoms with Crippen LogP contribution in [0.2, 0.25) is 0 Å². The molecule has 2 aliphatic rings. The third kappa shape index (κ3) is 3.78. The van der Waals surface area contributed by atoms with Gasteiger partial charge in [0.05, 0.1) is 0 Å². The molecule has 136 valence electrons. The Bertz CT molecular complexity index is 811. The molecule has 1 atom stereocenters. The van der Waals surface area contributed by atoms with Gasteiger partial charge in [0.2, 0.25) is 0 Å². The lowest BCUT2D eigenvalue weighted by atomic mass is 10.1. The van der Waals surface area contributed by atoms with Gasteiger partial charge in [0.25, 0.3) is 10.0 Å². The fourth-order valence-electron chi connectivity index (χ4n) is 3.14. The zero-order valence-electron chi connectivity index (χ0n) is 14.7. The molecule has 0 radical (unpaired) electrons. The maximum atomic E-state index is 12.2. The molecule has 0 spiro atoms. The van der Waals surface area contributed by atoms with Gasteiger partial charge in [-0.05, 0) is 45.7 Å². The molecule has 1 aromatic rings. The third-order valence-electron chi connectivity index (χ3n) is 4.14. The van der Waals surface area contributed by atoms with Crippen molar-refractivity contribution in [3.8, 4) is 0 Å². The van der Waals surface area contributed by atoms with Crippen molar-refractivity contribution in [3.63, 3.8) is 0 Å². The Morgan fingerprint density at radius 3 is 2.80 bits per heavy atom. The number of ether oxygens (including phenoxy) is 1. The van der Waals surface area contributed by atoms with Crippen molar-refractivity contribution in [1.82, 2.24) is 10.2 Å². The summed E-state index contributed by atoms with van der Waals surface area (Å²) in [5.74, 6) is 0.476. The summed E-state index contributed by atoms with van der Waals surface area (Å²) in [5, 5.41) is 2.77. The molecule has 1 aromatic carbocycles. The Balaban J connectivity index is 1.74. The van der Waals surface area contributed by atoms with Crippen molar-refractivity contribution >= 4 is 22.0 Å². The molecule has 0 unspecified atom stereocenters. The van der Waals surface area contributed by atoms with Crippen LogP contribution in [0.4, 0.5) is 4.79 Å². The zero-order chi connectivity index (χ0) is 18.2. The lowest BCUT2D eigenvalue weighted by Gasteiger charge is -2.27. The minimum Gasteiger partial charge on any atom is -0.444 e. The highest BCUT2D eigenvalue weighted by Gasteiger charge is 2.36. The van der Waals surface area contributed by atoms with Crippen LogP contribution in [0.1, 0.15) is 39.2 Å². The number of amides is 1. The van der Waals surface area contributed by atoms with Gasteiger partial charge in [0, 0.05) is 24.7 Å². The summed E-state index contributed by atoms with van der Waals surface area (Å²) in [6.07, 6.45) is 1.31. The van der Waals surface area contributed by atoms with Gasteiger partial charge in [-0.15, -0.1) is 4.40 Å². The molecular formula is C17H23N3O4S. The van der Waals surface area contributed by atoms with Crippen LogP contribution in [0, 0.1) is 0 Å². The van der Waals surface area contributed by atoms with Gasteiger partial charge in [-0.2, -0.15) is 8.42 Å². The number of nitrogens with one attached hydrogen (secondary N) is 1. The van der Waals surface area contributed by atoms with Gasteiger partial charge in [-0.25, -0.2) is 4.79 Å². The second kappa shape index (κ2) is 6.33. The average Bonchev–Trinajstić information content (AvgIpc) is 3.06. The first-order valence-electron chi connectivity index (χ1n) is 8.35. The first-order valence-corrected chi connectivity index (χ1v) is 9.79. The second-order valence-corrected chi connectivity index (χ2v) is 8.83. The van der Waals surface area contributed by atoms with E-state index < -0.39 is 21.7 Å². The summed E-state index contributed by atoms with van der Waals surface area (Å²) in [6, 6.07) is 6.84. The highest BCUT2D eigenvalue weighted by atomic mass is 32.2. The number of rotatable bonds is 2. The van der Waals surface area contributed by atoms with Crippen LogP contribution in [0.5, 0.6) is 0 Å². The molecule has 1 saturated heterocycles. The van der Waals surface area contributed by atoms with E-state index in [2.05, 4.69) is 9.71 Å². The van der Waals surface area contributed by atoms with Crippen molar-refractivity contribution in [2.75, 3.05) is 13.1 Å². The first-order chi connectivity index (χ1) is 11.7. The van der Waals surface area contributed by atoms with Crippen molar-refractivity contribution in [2.24, 2.45) is 4.40 Å². The highest BCUT2D eigenvalue weighted by molar-refractivity contribution is 7.90. The summed E-state index contributed by atoms with van der Waals surface area (Å²) in [7, 11) is -3.64. The maximum Gasteiger partial charge on any atom is 0.407 e. The van der Waals surface area contributed by atoms with E-state index >= 15 is 0 Å². The number of carbonyl (C=O) groups excluding carboxylic acids is 1. The summed E-state index contributed by atoms with van der Waals surface area (Å²) >= 11 is 0. The molecule has 1 fully saturated rings. The topological polar surface area (TPSA) is 88.1 Å². The monoisotopic (exact) mass is 365 g/mol. The molecule has 0 saturated carbocycles. The van der Waals surface area contributed by atoms with Crippen LogP contribution in [-0.2, 0) is 14.8 Å². The maximum absolute atomic E-state index is 12.2. The van der Waals surface area contributed by atoms with Gasteiger partial charge in [-0.3, -0.25) is 0 Å². The fraction of sp³-hybridized carbons (Fsp3) is 0.529. The lowest BCUT2D eigenvalue weighted by molar-refractivity contribution is 0.0518. The van der Waals surface area contributed by atoms with E-state index in [0.29, 0.717) is 24.5 Å². The van der Waals surface area contributed by atoms with Crippen LogP contribution in [0.15, 0.2) is 33.6 Å². The molecule has 2 heterocycles. The smallest absolute Gasteiger partial charge is 0.407 e. The summed E-state index contributed by atoms with van der Waals surface area (Å²) in [5.41, 5.74) is 0.0776. The normalized spacial score (nSPS) is 21.6. The SMILES string of the molecule is CC(C)(C)OC(=O)NC[C@@H]1CCCN1C1=NS(=O)(=O)c2ccccc21. The molecule has 0 aromatic heterocycles. The van der Waals surface area contributed by atoms with Gasteiger partial charge < -0.3 is 15.0 Å². The zero-order valence-corrected chi connectivity index (χ0v) is 15.5. The average molecular weight is 365 g/mol. The van der Waals surface area contributed by atoms with E-state index in [1.807, 2.05) is 25.7 Å². The molecule has 0 bridgehead atoms. The second-order valence-electron chi connectivity index (χ2n) is 7.26. The number of amidine groups is 1. The molecule has 2 aliphatic heterocycles. The Morgan fingerprint density at radius 1 is 1.36 bits per heavy atom. The molecule has 8 heteroatoms. The molecule has 25 heavy (non-hydrogen) atoms. The van der Waals surface area contributed by atoms with Crippen molar-refractivity contribution < 1.29 is 17.9 Å². The quantitative estimate of drug-likeness (QED) is 0.867. The number of alkyl carbamates (subject to hydrolysis) is 1. The number of benzene rings is 1. The molecule has 7 nitrogen and oxygen atoms in total. The summed E-state index contributed by atoms with van der Waals surface area (Å²) in [6.45, 7) is 6.52. The number of likely N-dealkylation sites (tertiary alicyclic amines) is 1. The minimum absolute atomic E-state index is 0.00683. The lowest BCUT2D eigenvalue weighted by Crippen LogP contribution is -2.44. The van der Waals surface area contributed by atoms with Gasteiger partial charge in [0.1, 0.15) is 10.5 Å². The number of fused-ring (bicyclic) bond motifs is 1. The van der Waals surface area contributed by atoms with Crippen molar-refractivity contribution in [1.29, 1.82) is 0 Å². The predicted molar refractivity (Wildman–Crippen MR) is 94.1 cm³/mol. The number of hydrogen-bond donors (Lipinski definition) is 1. The minimum atomic E-state index is -3.64. The molecule has 3 rings (SSSR count). The van der Waals surface area contributed by atoms with E-state index in [-0.39, 0.29) is 10.9 Å². The Morgan fingerprint density at radius 2 is 2.08 bits per heavy atom. The van der Waals surface area contributed by atoms with Crippen molar-refractivity contribution in [2.45, 2.75) is 50.2 Å². The Hall–Kier alpha value is -2.09. The van der Waals surface area contributed by atoms with E-state index in [0.717, 1.165) is 12.8 Å². The molecule has 1 amide bonds. The standard InChI is InChI=1S/C17H23N3O4S/c1-17(2,3)24-16(21)18-11-12-7-6-10-20(12)15-13-8-4-5-9-14(13)25(22,23)19-15/h4-5,8-9,12H,6-7,10-11H2,1-3H3,(H,18,21)/t12-/m0/s1. The third-order valence-corrected chi connectivity index (χ3v) is 5.47. The number of sulfonamides is 1. The summed E-state index contributed by atoms with van der Waals surface area (Å²) < 4.78 is 33.7. The van der Waals surface area contributed by atoms with Gasteiger partial charge in [0.15, 0.2) is 5.84 Å². The van der Waals surface area contributed by atoms with Crippen LogP contribution < -0.4 is 5.32 Å². The van der Waals surface area contributed by atoms with E-state index in [1.165, 1.54) is 0 Å². The van der Waals surface area contributed by atoms with E-state index in [1.54, 1.807) is 24.3 Å². The molecule has 1 N–H and O–H groups in total. The highest BCUT2D eigenvalue weighted by Crippen LogP contribution is 2.30. The summed E-state index contributed by atoms with van der Waals surface area (Å²) in [4.78, 5) is 14.1. The Kier molecular flexibility index (Phi) is 4.49. The first kappa shape index (κ1) is 17.7. The van der Waals surface area contributed by atoms with E-state index in [4.69, 9.17) is 4.74 Å². The van der Waals surface area contributed by atoms with Crippen LogP contribution in [0.3, 0.4) is 0 Å². The van der Waals surface area contributed by atoms with Crippen LogP contribution in [-0.4, -0.2) is 50.0 Å². The van der Waals surface area contributed by atoms with Gasteiger partial charge >= 0.3 is 6.09 Å². The number of nitrogens with zero attached hydrogens (tertiary/aromatic N) is 2. The molecule has 0 aliphatic carbocycles.